The summed E-state index contributed by atoms with van der Waals surface area (Å²) >= 11 is 5.71. The first-order valence-corrected chi connectivity index (χ1v) is 5.11. The van der Waals surface area contributed by atoms with E-state index in [-0.39, 0.29) is 25.6 Å². The van der Waals surface area contributed by atoms with Crippen LogP contribution in [0.4, 0.5) is 0 Å². The highest BCUT2D eigenvalue weighted by Gasteiger charge is 2.03. The number of rotatable bonds is 5. The fraction of sp³-hybridized carbons (Fsp3) is 0.364. The van der Waals surface area contributed by atoms with E-state index < -0.39 is 0 Å². The molecule has 1 N–H and O–H groups in total. The normalized spacial score (nSPS) is 10.0. The Balaban J connectivity index is 2.34. The number of aliphatic hydroxyl groups excluding tert-OH is 1. The molecule has 0 bridgehead atoms. The number of halogens is 1. The molecule has 0 aliphatic carbocycles. The summed E-state index contributed by atoms with van der Waals surface area (Å²) in [5, 5.41) is 9.14. The van der Waals surface area contributed by atoms with E-state index >= 15 is 0 Å². The Morgan fingerprint density at radius 2 is 2.00 bits per heavy atom. The third kappa shape index (κ3) is 4.81. The predicted molar refractivity (Wildman–Crippen MR) is 57.8 cm³/mol. The quantitative estimate of drug-likeness (QED) is 0.618. The molecule has 0 amide bonds. The zero-order chi connectivity index (χ0) is 11.1. The highest BCUT2D eigenvalue weighted by Crippen LogP contribution is 2.10. The summed E-state index contributed by atoms with van der Waals surface area (Å²) in [5.74, 6) is -0.286. The second-order valence-electron chi connectivity index (χ2n) is 3.10. The van der Waals surface area contributed by atoms with E-state index in [1.165, 1.54) is 0 Å². The summed E-state index contributed by atoms with van der Waals surface area (Å²) in [5.41, 5.74) is 0.869. The van der Waals surface area contributed by atoms with Crippen LogP contribution in [0.25, 0.3) is 0 Å². The lowest BCUT2D eigenvalue weighted by Crippen LogP contribution is -2.09. The maximum Gasteiger partial charge on any atom is 0.310 e. The maximum atomic E-state index is 11.2. The van der Waals surface area contributed by atoms with Crippen molar-refractivity contribution in [3.05, 3.63) is 34.9 Å². The van der Waals surface area contributed by atoms with Gasteiger partial charge in [-0.15, -0.1) is 0 Å². The standard InChI is InChI=1S/C11H13ClO3/c12-10-4-2-9(3-5-10)8-11(14)15-7-1-6-13/h2-5,13H,1,6-8H2. The summed E-state index contributed by atoms with van der Waals surface area (Å²) in [4.78, 5) is 11.2. The zero-order valence-electron chi connectivity index (χ0n) is 8.28. The molecule has 0 spiro atoms. The van der Waals surface area contributed by atoms with Gasteiger partial charge in [-0.1, -0.05) is 23.7 Å². The minimum Gasteiger partial charge on any atom is -0.465 e. The summed E-state index contributed by atoms with van der Waals surface area (Å²) < 4.78 is 4.88. The number of aliphatic hydroxyl groups is 1. The van der Waals surface area contributed by atoms with Gasteiger partial charge in [0.2, 0.25) is 0 Å². The predicted octanol–water partition coefficient (Wildman–Crippen LogP) is 1.81. The van der Waals surface area contributed by atoms with Crippen molar-refractivity contribution in [3.63, 3.8) is 0 Å². The van der Waals surface area contributed by atoms with E-state index in [0.717, 1.165) is 5.56 Å². The average molecular weight is 229 g/mol. The van der Waals surface area contributed by atoms with Gasteiger partial charge in [0.1, 0.15) is 0 Å². The Morgan fingerprint density at radius 3 is 2.60 bits per heavy atom. The lowest BCUT2D eigenvalue weighted by atomic mass is 10.1. The smallest absolute Gasteiger partial charge is 0.310 e. The molecule has 0 atom stereocenters. The van der Waals surface area contributed by atoms with E-state index in [1.54, 1.807) is 24.3 Å². The SMILES string of the molecule is O=C(Cc1ccc(Cl)cc1)OCCCO. The topological polar surface area (TPSA) is 46.5 Å². The lowest BCUT2D eigenvalue weighted by Gasteiger charge is -2.03. The summed E-state index contributed by atoms with van der Waals surface area (Å²) in [7, 11) is 0. The van der Waals surface area contributed by atoms with Gasteiger partial charge in [0.25, 0.3) is 0 Å². The number of esters is 1. The second-order valence-corrected chi connectivity index (χ2v) is 3.54. The number of carbonyl (C=O) groups is 1. The number of hydrogen-bond acceptors (Lipinski definition) is 3. The molecule has 3 nitrogen and oxygen atoms in total. The lowest BCUT2D eigenvalue weighted by molar-refractivity contribution is -0.143. The van der Waals surface area contributed by atoms with Gasteiger partial charge in [0, 0.05) is 18.1 Å². The van der Waals surface area contributed by atoms with Crippen molar-refractivity contribution >= 4 is 17.6 Å². The minimum absolute atomic E-state index is 0.0359. The van der Waals surface area contributed by atoms with Gasteiger partial charge in [0.05, 0.1) is 13.0 Å². The highest BCUT2D eigenvalue weighted by atomic mass is 35.5. The Kier molecular flexibility index (Phi) is 5.15. The van der Waals surface area contributed by atoms with Crippen molar-refractivity contribution in [3.8, 4) is 0 Å². The molecular formula is C11H13ClO3. The third-order valence-corrected chi connectivity index (χ3v) is 2.08. The molecule has 0 saturated carbocycles. The highest BCUT2D eigenvalue weighted by molar-refractivity contribution is 6.30. The van der Waals surface area contributed by atoms with Gasteiger partial charge < -0.3 is 9.84 Å². The van der Waals surface area contributed by atoms with Crippen LogP contribution in [0.1, 0.15) is 12.0 Å². The zero-order valence-corrected chi connectivity index (χ0v) is 9.04. The molecule has 0 unspecified atom stereocenters. The van der Waals surface area contributed by atoms with Crippen LogP contribution in [-0.4, -0.2) is 24.3 Å². The molecule has 1 aromatic carbocycles. The molecule has 0 radical (unpaired) electrons. The molecule has 0 heterocycles. The Labute approximate surface area is 93.6 Å². The number of ether oxygens (including phenoxy) is 1. The minimum atomic E-state index is -0.286. The van der Waals surface area contributed by atoms with Gasteiger partial charge in [-0.05, 0) is 17.7 Å². The Morgan fingerprint density at radius 1 is 1.33 bits per heavy atom. The molecule has 4 heteroatoms. The fourth-order valence-electron chi connectivity index (χ4n) is 1.07. The number of carbonyl (C=O) groups excluding carboxylic acids is 1. The van der Waals surface area contributed by atoms with Gasteiger partial charge in [0.15, 0.2) is 0 Å². The maximum absolute atomic E-state index is 11.2. The van der Waals surface area contributed by atoms with Crippen molar-refractivity contribution in [1.29, 1.82) is 0 Å². The first kappa shape index (κ1) is 12.0. The second kappa shape index (κ2) is 6.43. The fourth-order valence-corrected chi connectivity index (χ4v) is 1.20. The molecule has 0 aromatic heterocycles. The van der Waals surface area contributed by atoms with Crippen LogP contribution in [0, 0.1) is 0 Å². The van der Waals surface area contributed by atoms with Crippen molar-refractivity contribution in [2.75, 3.05) is 13.2 Å². The van der Waals surface area contributed by atoms with Crippen LogP contribution < -0.4 is 0 Å². The Hall–Kier alpha value is -1.06. The van der Waals surface area contributed by atoms with E-state index in [2.05, 4.69) is 0 Å². The molecule has 0 fully saturated rings. The van der Waals surface area contributed by atoms with E-state index in [1.807, 2.05) is 0 Å². The first-order valence-electron chi connectivity index (χ1n) is 4.73. The van der Waals surface area contributed by atoms with Crippen LogP contribution in [0.5, 0.6) is 0 Å². The van der Waals surface area contributed by atoms with Crippen LogP contribution in [0.2, 0.25) is 5.02 Å². The van der Waals surface area contributed by atoms with Gasteiger partial charge >= 0.3 is 5.97 Å². The van der Waals surface area contributed by atoms with E-state index in [0.29, 0.717) is 11.4 Å². The molecule has 0 saturated heterocycles. The molecule has 82 valence electrons. The molecule has 15 heavy (non-hydrogen) atoms. The van der Waals surface area contributed by atoms with E-state index in [4.69, 9.17) is 21.4 Å². The van der Waals surface area contributed by atoms with Crippen LogP contribution >= 0.6 is 11.6 Å². The van der Waals surface area contributed by atoms with Crippen LogP contribution in [-0.2, 0) is 16.0 Å². The monoisotopic (exact) mass is 228 g/mol. The number of hydrogen-bond donors (Lipinski definition) is 1. The van der Waals surface area contributed by atoms with E-state index in [9.17, 15) is 4.79 Å². The Bertz CT molecular complexity index is 308. The van der Waals surface area contributed by atoms with Crippen molar-refractivity contribution < 1.29 is 14.6 Å². The molecular weight excluding hydrogens is 216 g/mol. The molecule has 1 rings (SSSR count). The average Bonchev–Trinajstić information content (AvgIpc) is 2.22. The van der Waals surface area contributed by atoms with Gasteiger partial charge in [-0.3, -0.25) is 4.79 Å². The first-order chi connectivity index (χ1) is 7.22. The van der Waals surface area contributed by atoms with Crippen molar-refractivity contribution in [1.82, 2.24) is 0 Å². The summed E-state index contributed by atoms with van der Waals surface area (Å²) in [6.07, 6.45) is 0.717. The molecule has 0 aliphatic heterocycles. The van der Waals surface area contributed by atoms with Crippen molar-refractivity contribution in [2.45, 2.75) is 12.8 Å². The van der Waals surface area contributed by atoms with Crippen LogP contribution in [0.3, 0.4) is 0 Å². The summed E-state index contributed by atoms with van der Waals surface area (Å²) in [6, 6.07) is 7.04. The van der Waals surface area contributed by atoms with Gasteiger partial charge in [-0.2, -0.15) is 0 Å². The van der Waals surface area contributed by atoms with Gasteiger partial charge in [-0.25, -0.2) is 0 Å². The molecule has 1 aromatic rings. The van der Waals surface area contributed by atoms with Crippen LogP contribution in [0.15, 0.2) is 24.3 Å². The third-order valence-electron chi connectivity index (χ3n) is 1.83. The largest absolute Gasteiger partial charge is 0.465 e. The van der Waals surface area contributed by atoms with Crippen molar-refractivity contribution in [2.24, 2.45) is 0 Å². The summed E-state index contributed by atoms with van der Waals surface area (Å²) in [6.45, 7) is 0.303. The number of benzene rings is 1. The molecule has 0 aliphatic rings.